The van der Waals surface area contributed by atoms with E-state index < -0.39 is 5.97 Å². The average molecular weight is 314 g/mol. The van der Waals surface area contributed by atoms with Crippen molar-refractivity contribution in [3.8, 4) is 5.75 Å². The minimum atomic E-state index is -0.459. The molecule has 1 rings (SSSR count). The number of hydrogen-bond acceptors (Lipinski definition) is 4. The number of hydrogen-bond donors (Lipinski definition) is 0. The molecule has 6 heteroatoms. The maximum atomic E-state index is 12.1. The maximum absolute atomic E-state index is 12.1. The van der Waals surface area contributed by atoms with E-state index in [-0.39, 0.29) is 25.1 Å². The second-order valence-corrected chi connectivity index (χ2v) is 5.30. The third kappa shape index (κ3) is 5.27. The maximum Gasteiger partial charge on any atom is 0.325 e. The van der Waals surface area contributed by atoms with Gasteiger partial charge in [-0.2, -0.15) is 0 Å². The molecule has 1 amide bonds. The molecular weight excluding hydrogens is 294 g/mol. The fraction of sp³-hybridized carbons (Fsp3) is 0.467. The van der Waals surface area contributed by atoms with Crippen molar-refractivity contribution in [2.75, 3.05) is 20.3 Å². The first-order chi connectivity index (χ1) is 9.85. The highest BCUT2D eigenvalue weighted by Gasteiger charge is 2.21. The number of rotatable bonds is 6. The van der Waals surface area contributed by atoms with Crippen molar-refractivity contribution >= 4 is 23.5 Å². The third-order valence-corrected chi connectivity index (χ3v) is 3.39. The number of halogens is 1. The zero-order valence-electron chi connectivity index (χ0n) is 12.7. The molecule has 0 unspecified atom stereocenters. The Morgan fingerprint density at radius 3 is 2.52 bits per heavy atom. The van der Waals surface area contributed by atoms with Gasteiger partial charge in [0.15, 0.2) is 6.61 Å². The topological polar surface area (TPSA) is 55.8 Å². The quantitative estimate of drug-likeness (QED) is 0.757. The molecule has 0 aliphatic carbocycles. The summed E-state index contributed by atoms with van der Waals surface area (Å²) >= 11 is 5.93. The van der Waals surface area contributed by atoms with Crippen LogP contribution < -0.4 is 4.74 Å². The zero-order chi connectivity index (χ0) is 16.0. The summed E-state index contributed by atoms with van der Waals surface area (Å²) in [6, 6.07) is 5.05. The number of carbonyl (C=O) groups is 2. The Kier molecular flexibility index (Phi) is 6.49. The van der Waals surface area contributed by atoms with Gasteiger partial charge in [-0.05, 0) is 44.5 Å². The van der Waals surface area contributed by atoms with E-state index in [9.17, 15) is 9.59 Å². The van der Waals surface area contributed by atoms with Gasteiger partial charge >= 0.3 is 5.97 Å². The highest BCUT2D eigenvalue weighted by atomic mass is 35.5. The van der Waals surface area contributed by atoms with Crippen LogP contribution in [0.25, 0.3) is 0 Å². The van der Waals surface area contributed by atoms with Crippen LogP contribution in [0.4, 0.5) is 0 Å². The van der Waals surface area contributed by atoms with Crippen LogP contribution >= 0.6 is 11.6 Å². The van der Waals surface area contributed by atoms with Crippen LogP contribution in [0.5, 0.6) is 5.75 Å². The van der Waals surface area contributed by atoms with E-state index in [0.29, 0.717) is 10.8 Å². The molecule has 1 aromatic rings. The Morgan fingerprint density at radius 2 is 2.00 bits per heavy atom. The molecule has 0 N–H and O–H groups in total. The van der Waals surface area contributed by atoms with E-state index in [0.717, 1.165) is 5.56 Å². The van der Waals surface area contributed by atoms with Crippen molar-refractivity contribution in [1.82, 2.24) is 4.90 Å². The summed E-state index contributed by atoms with van der Waals surface area (Å²) < 4.78 is 10.0. The fourth-order valence-corrected chi connectivity index (χ4v) is 1.81. The smallest absolute Gasteiger partial charge is 0.325 e. The van der Waals surface area contributed by atoms with Gasteiger partial charge in [0.25, 0.3) is 5.91 Å². The molecule has 0 bridgehead atoms. The molecule has 0 saturated heterocycles. The molecule has 0 spiro atoms. The van der Waals surface area contributed by atoms with Gasteiger partial charge in [-0.15, -0.1) is 0 Å². The predicted molar refractivity (Wildman–Crippen MR) is 80.5 cm³/mol. The van der Waals surface area contributed by atoms with Gasteiger partial charge in [0, 0.05) is 11.1 Å². The Labute approximate surface area is 129 Å². The van der Waals surface area contributed by atoms with Crippen LogP contribution in [0.3, 0.4) is 0 Å². The molecule has 0 aliphatic heterocycles. The van der Waals surface area contributed by atoms with Crippen LogP contribution in [0.2, 0.25) is 5.02 Å². The summed E-state index contributed by atoms with van der Waals surface area (Å²) in [6.45, 7) is 5.28. The van der Waals surface area contributed by atoms with Crippen LogP contribution in [0.15, 0.2) is 18.2 Å². The van der Waals surface area contributed by atoms with Crippen molar-refractivity contribution < 1.29 is 19.1 Å². The van der Waals surface area contributed by atoms with Crippen molar-refractivity contribution in [3.63, 3.8) is 0 Å². The number of benzene rings is 1. The van der Waals surface area contributed by atoms with Gasteiger partial charge in [0.05, 0.1) is 7.11 Å². The molecule has 0 saturated carbocycles. The van der Waals surface area contributed by atoms with Gasteiger partial charge in [-0.1, -0.05) is 11.6 Å². The van der Waals surface area contributed by atoms with Crippen LogP contribution in [0, 0.1) is 6.92 Å². The van der Waals surface area contributed by atoms with Crippen molar-refractivity contribution in [2.24, 2.45) is 0 Å². The summed E-state index contributed by atoms with van der Waals surface area (Å²) in [4.78, 5) is 24.9. The Hall–Kier alpha value is -1.75. The van der Waals surface area contributed by atoms with E-state index in [1.54, 1.807) is 18.2 Å². The van der Waals surface area contributed by atoms with Crippen molar-refractivity contribution in [2.45, 2.75) is 26.8 Å². The van der Waals surface area contributed by atoms with E-state index in [1.807, 2.05) is 20.8 Å². The summed E-state index contributed by atoms with van der Waals surface area (Å²) in [5, 5.41) is 0.642. The van der Waals surface area contributed by atoms with Gasteiger partial charge < -0.3 is 14.4 Å². The van der Waals surface area contributed by atoms with E-state index in [4.69, 9.17) is 16.3 Å². The first-order valence-electron chi connectivity index (χ1n) is 6.60. The van der Waals surface area contributed by atoms with Crippen LogP contribution in [-0.2, 0) is 14.3 Å². The zero-order valence-corrected chi connectivity index (χ0v) is 13.4. The normalized spacial score (nSPS) is 10.4. The number of methoxy groups -OCH3 is 1. The molecule has 0 atom stereocenters. The van der Waals surface area contributed by atoms with Gasteiger partial charge in [-0.25, -0.2) is 0 Å². The molecule has 0 radical (unpaired) electrons. The number of nitrogens with zero attached hydrogens (tertiary/aromatic N) is 1. The van der Waals surface area contributed by atoms with Gasteiger partial charge in [0.2, 0.25) is 0 Å². The largest absolute Gasteiger partial charge is 0.484 e. The lowest BCUT2D eigenvalue weighted by Crippen LogP contribution is -2.43. The van der Waals surface area contributed by atoms with Crippen molar-refractivity contribution in [3.05, 3.63) is 28.8 Å². The van der Waals surface area contributed by atoms with Crippen molar-refractivity contribution in [1.29, 1.82) is 0 Å². The second kappa shape index (κ2) is 7.88. The van der Waals surface area contributed by atoms with Gasteiger partial charge in [-0.3, -0.25) is 9.59 Å². The Balaban J connectivity index is 2.64. The number of esters is 1. The molecule has 0 aliphatic rings. The molecule has 116 valence electrons. The lowest BCUT2D eigenvalue weighted by molar-refractivity contribution is -0.149. The van der Waals surface area contributed by atoms with Crippen LogP contribution in [-0.4, -0.2) is 43.1 Å². The first kappa shape index (κ1) is 17.3. The summed E-state index contributed by atoms with van der Waals surface area (Å²) in [5.74, 6) is -0.172. The predicted octanol–water partition coefficient (Wildman–Crippen LogP) is 2.44. The summed E-state index contributed by atoms with van der Waals surface area (Å²) in [7, 11) is 1.29. The number of carbonyl (C=O) groups excluding carboxylic acids is 2. The lowest BCUT2D eigenvalue weighted by Gasteiger charge is -2.25. The monoisotopic (exact) mass is 313 g/mol. The number of aryl methyl sites for hydroxylation is 1. The molecule has 21 heavy (non-hydrogen) atoms. The Morgan fingerprint density at radius 1 is 1.33 bits per heavy atom. The van der Waals surface area contributed by atoms with E-state index >= 15 is 0 Å². The minimum Gasteiger partial charge on any atom is -0.484 e. The first-order valence-corrected chi connectivity index (χ1v) is 6.98. The lowest BCUT2D eigenvalue weighted by atomic mass is 10.2. The Bertz CT molecular complexity index is 516. The SMILES string of the molecule is COC(=O)CN(C(=O)COc1ccc(Cl)c(C)c1)C(C)C. The highest BCUT2D eigenvalue weighted by molar-refractivity contribution is 6.31. The van der Waals surface area contributed by atoms with Crippen LogP contribution in [0.1, 0.15) is 19.4 Å². The molecule has 0 aromatic heterocycles. The summed E-state index contributed by atoms with van der Waals surface area (Å²) in [5.41, 5.74) is 0.872. The fourth-order valence-electron chi connectivity index (χ4n) is 1.70. The minimum absolute atomic E-state index is 0.0873. The van der Waals surface area contributed by atoms with E-state index in [1.165, 1.54) is 12.0 Å². The number of amides is 1. The average Bonchev–Trinajstić information content (AvgIpc) is 2.45. The standard InChI is InChI=1S/C15H20ClNO4/c1-10(2)17(8-15(19)20-4)14(18)9-21-12-5-6-13(16)11(3)7-12/h5-7,10H,8-9H2,1-4H3. The molecule has 1 aromatic carbocycles. The van der Waals surface area contributed by atoms with Gasteiger partial charge in [0.1, 0.15) is 12.3 Å². The number of ether oxygens (including phenoxy) is 2. The second-order valence-electron chi connectivity index (χ2n) is 4.89. The molecule has 0 fully saturated rings. The third-order valence-electron chi connectivity index (χ3n) is 2.96. The molecule has 0 heterocycles. The molecule has 5 nitrogen and oxygen atoms in total. The summed E-state index contributed by atoms with van der Waals surface area (Å²) in [6.07, 6.45) is 0. The molecular formula is C15H20ClNO4. The highest BCUT2D eigenvalue weighted by Crippen LogP contribution is 2.21. The van der Waals surface area contributed by atoms with E-state index in [2.05, 4.69) is 4.74 Å².